The van der Waals surface area contributed by atoms with Gasteiger partial charge in [0, 0.05) is 19.7 Å². The summed E-state index contributed by atoms with van der Waals surface area (Å²) in [5.41, 5.74) is -0.437. The third-order valence-electron chi connectivity index (χ3n) is 3.88. The van der Waals surface area contributed by atoms with Gasteiger partial charge in [-0.3, -0.25) is 4.79 Å². The predicted molar refractivity (Wildman–Crippen MR) is 119 cm³/mol. The van der Waals surface area contributed by atoms with Gasteiger partial charge in [-0.05, 0) is 38.3 Å². The van der Waals surface area contributed by atoms with Crippen molar-refractivity contribution in [2.75, 3.05) is 31.6 Å². The quantitative estimate of drug-likeness (QED) is 0.187. The van der Waals surface area contributed by atoms with Crippen molar-refractivity contribution in [1.29, 1.82) is 0 Å². The van der Waals surface area contributed by atoms with Gasteiger partial charge in [0.05, 0.1) is 11.8 Å². The fraction of sp³-hybridized carbons (Fsp3) is 0.579. The normalized spacial score (nSPS) is 12.3. The minimum atomic E-state index is -1.63. The number of nitrogens with one attached hydrogen (secondary N) is 3. The van der Waals surface area contributed by atoms with Crippen molar-refractivity contribution >= 4 is 41.5 Å². The van der Waals surface area contributed by atoms with Crippen LogP contribution in [0.1, 0.15) is 34.1 Å². The summed E-state index contributed by atoms with van der Waals surface area (Å²) in [7, 11) is 0. The fourth-order valence-electron chi connectivity index (χ4n) is 2.46. The highest BCUT2D eigenvalue weighted by Gasteiger charge is 2.15. The van der Waals surface area contributed by atoms with E-state index in [-0.39, 0.29) is 36.6 Å². The van der Waals surface area contributed by atoms with Crippen LogP contribution in [0.25, 0.3) is 0 Å². The average Bonchev–Trinajstić information content (AvgIpc) is 2.65. The monoisotopic (exact) mass is 530 g/mol. The zero-order valence-corrected chi connectivity index (χ0v) is 19.5. The Balaban J connectivity index is 0.00000784. The number of hydrogen-bond acceptors (Lipinski definition) is 3. The molecular weight excluding hydrogens is 500 g/mol. The summed E-state index contributed by atoms with van der Waals surface area (Å²) in [4.78, 5) is 16.1. The molecule has 1 aromatic rings. The van der Waals surface area contributed by atoms with E-state index in [0.717, 1.165) is 18.6 Å². The molecule has 0 spiro atoms. The van der Waals surface area contributed by atoms with E-state index in [2.05, 4.69) is 34.8 Å². The number of amides is 1. The van der Waals surface area contributed by atoms with Gasteiger partial charge < -0.3 is 20.7 Å². The predicted octanol–water partition coefficient (Wildman–Crippen LogP) is 3.67. The van der Waals surface area contributed by atoms with Crippen LogP contribution in [0.2, 0.25) is 0 Å². The first-order valence-corrected chi connectivity index (χ1v) is 9.37. The van der Waals surface area contributed by atoms with Crippen molar-refractivity contribution in [1.82, 2.24) is 10.6 Å². The van der Waals surface area contributed by atoms with Gasteiger partial charge in [-0.2, -0.15) is 0 Å². The lowest BCUT2D eigenvalue weighted by Crippen LogP contribution is -2.40. The topological polar surface area (TPSA) is 74.8 Å². The summed E-state index contributed by atoms with van der Waals surface area (Å²) in [5, 5.41) is 8.28. The van der Waals surface area contributed by atoms with Gasteiger partial charge >= 0.3 is 0 Å². The highest BCUT2D eigenvalue weighted by atomic mass is 127. The molecule has 1 rings (SSSR count). The van der Waals surface area contributed by atoms with Crippen LogP contribution in [0.5, 0.6) is 0 Å². The molecule has 166 valence electrons. The second-order valence-corrected chi connectivity index (χ2v) is 6.42. The van der Waals surface area contributed by atoms with Crippen LogP contribution in [0.4, 0.5) is 18.9 Å². The molecule has 1 amide bonds. The molecule has 0 saturated carbocycles. The van der Waals surface area contributed by atoms with Gasteiger partial charge in [0.15, 0.2) is 23.4 Å². The van der Waals surface area contributed by atoms with Crippen molar-refractivity contribution < 1.29 is 22.7 Å². The van der Waals surface area contributed by atoms with E-state index < -0.39 is 29.0 Å². The lowest BCUT2D eigenvalue weighted by atomic mass is 10.0. The number of ether oxygens (including phenoxy) is 1. The first-order valence-electron chi connectivity index (χ1n) is 9.37. The minimum Gasteiger partial charge on any atom is -0.378 e. The number of hydrogen-bond donors (Lipinski definition) is 3. The molecule has 0 fully saturated rings. The Morgan fingerprint density at radius 1 is 1.14 bits per heavy atom. The van der Waals surface area contributed by atoms with Crippen molar-refractivity contribution in [2.45, 2.75) is 40.2 Å². The van der Waals surface area contributed by atoms with E-state index in [1.54, 1.807) is 0 Å². The molecule has 10 heteroatoms. The molecule has 0 radical (unpaired) electrons. The summed E-state index contributed by atoms with van der Waals surface area (Å²) in [6.07, 6.45) is 0.877. The number of nitrogens with zero attached hydrogens (tertiary/aromatic N) is 1. The minimum absolute atomic E-state index is 0. The summed E-state index contributed by atoms with van der Waals surface area (Å²) in [5.74, 6) is -4.26. The Morgan fingerprint density at radius 3 is 2.41 bits per heavy atom. The molecule has 1 aromatic carbocycles. The SMILES string of the molecule is CCNC(=NCC(=O)Nc1ccc(F)c(F)c1F)NCCC(OCC)C(C)C.I. The van der Waals surface area contributed by atoms with Crippen molar-refractivity contribution in [3.8, 4) is 0 Å². The van der Waals surface area contributed by atoms with Crippen LogP contribution in [-0.4, -0.2) is 44.2 Å². The Labute approximate surface area is 187 Å². The van der Waals surface area contributed by atoms with Crippen LogP contribution in [0.15, 0.2) is 17.1 Å². The first-order chi connectivity index (χ1) is 13.3. The molecule has 0 aromatic heterocycles. The van der Waals surface area contributed by atoms with E-state index >= 15 is 0 Å². The maximum Gasteiger partial charge on any atom is 0.246 e. The lowest BCUT2D eigenvalue weighted by molar-refractivity contribution is -0.114. The zero-order valence-electron chi connectivity index (χ0n) is 17.2. The zero-order chi connectivity index (χ0) is 21.1. The number of rotatable bonds is 10. The van der Waals surface area contributed by atoms with E-state index in [1.165, 1.54) is 0 Å². The van der Waals surface area contributed by atoms with Crippen molar-refractivity contribution in [2.24, 2.45) is 10.9 Å². The molecule has 6 nitrogen and oxygen atoms in total. The third-order valence-corrected chi connectivity index (χ3v) is 3.88. The standard InChI is InChI=1S/C19H29F3N4O2.HI/c1-5-23-19(24-10-9-15(12(3)4)28-6-2)25-11-16(27)26-14-8-7-13(20)17(21)18(14)22;/h7-8,12,15H,5-6,9-11H2,1-4H3,(H,26,27)(H2,23,24,25);1H. The number of carbonyl (C=O) groups excluding carboxylic acids is 1. The molecule has 0 heterocycles. The van der Waals surface area contributed by atoms with E-state index in [9.17, 15) is 18.0 Å². The molecular formula is C19H30F3IN4O2. The molecule has 0 aliphatic heterocycles. The van der Waals surface area contributed by atoms with Gasteiger partial charge in [-0.25, -0.2) is 18.2 Å². The van der Waals surface area contributed by atoms with Crippen LogP contribution < -0.4 is 16.0 Å². The van der Waals surface area contributed by atoms with Crippen LogP contribution in [0.3, 0.4) is 0 Å². The number of aliphatic imine (C=N–C) groups is 1. The molecule has 29 heavy (non-hydrogen) atoms. The molecule has 0 bridgehead atoms. The molecule has 0 saturated heterocycles. The van der Waals surface area contributed by atoms with Gasteiger partial charge in [0.1, 0.15) is 6.54 Å². The summed E-state index contributed by atoms with van der Waals surface area (Å²) >= 11 is 0. The van der Waals surface area contributed by atoms with Crippen LogP contribution in [-0.2, 0) is 9.53 Å². The maximum absolute atomic E-state index is 13.6. The number of benzene rings is 1. The number of guanidine groups is 1. The Morgan fingerprint density at radius 2 is 1.83 bits per heavy atom. The smallest absolute Gasteiger partial charge is 0.246 e. The molecule has 1 atom stereocenters. The van der Waals surface area contributed by atoms with Gasteiger partial charge in [0.25, 0.3) is 0 Å². The van der Waals surface area contributed by atoms with Gasteiger partial charge in [-0.15, -0.1) is 24.0 Å². The third kappa shape index (κ3) is 9.66. The van der Waals surface area contributed by atoms with Crippen LogP contribution in [0, 0.1) is 23.4 Å². The number of halogens is 4. The van der Waals surface area contributed by atoms with Crippen LogP contribution >= 0.6 is 24.0 Å². The summed E-state index contributed by atoms with van der Waals surface area (Å²) in [6, 6.07) is 1.70. The summed E-state index contributed by atoms with van der Waals surface area (Å²) < 4.78 is 45.4. The van der Waals surface area contributed by atoms with Crippen molar-refractivity contribution in [3.63, 3.8) is 0 Å². The van der Waals surface area contributed by atoms with Gasteiger partial charge in [0.2, 0.25) is 5.91 Å². The van der Waals surface area contributed by atoms with Gasteiger partial charge in [-0.1, -0.05) is 13.8 Å². The molecule has 0 aliphatic carbocycles. The molecule has 1 unspecified atom stereocenters. The Kier molecular flexibility index (Phi) is 13.7. The molecule has 0 aliphatic rings. The van der Waals surface area contributed by atoms with E-state index in [0.29, 0.717) is 31.6 Å². The molecule has 3 N–H and O–H groups in total. The number of anilines is 1. The van der Waals surface area contributed by atoms with Crippen molar-refractivity contribution in [3.05, 3.63) is 29.6 Å². The second kappa shape index (κ2) is 14.4. The Bertz CT molecular complexity index is 675. The Hall–Kier alpha value is -1.56. The lowest BCUT2D eigenvalue weighted by Gasteiger charge is -2.21. The number of carbonyl (C=O) groups is 1. The summed E-state index contributed by atoms with van der Waals surface area (Å²) in [6.45, 7) is 9.50. The largest absolute Gasteiger partial charge is 0.378 e. The van der Waals surface area contributed by atoms with E-state index in [4.69, 9.17) is 4.74 Å². The van der Waals surface area contributed by atoms with E-state index in [1.807, 2.05) is 13.8 Å². The fourth-order valence-corrected chi connectivity index (χ4v) is 2.46. The average molecular weight is 530 g/mol. The maximum atomic E-state index is 13.6. The first kappa shape index (κ1) is 27.4. The highest BCUT2D eigenvalue weighted by Crippen LogP contribution is 2.19. The highest BCUT2D eigenvalue weighted by molar-refractivity contribution is 14.0. The second-order valence-electron chi connectivity index (χ2n) is 6.42.